The van der Waals surface area contributed by atoms with E-state index in [1.54, 1.807) is 31.4 Å². The topological polar surface area (TPSA) is 87.7 Å². The lowest BCUT2D eigenvalue weighted by Gasteiger charge is -2.34. The molecule has 0 aliphatic carbocycles. The maximum Gasteiger partial charge on any atom is 0.261 e. The van der Waals surface area contributed by atoms with Gasteiger partial charge in [0.15, 0.2) is 0 Å². The van der Waals surface area contributed by atoms with Crippen molar-refractivity contribution in [3.05, 3.63) is 54.1 Å². The molecule has 2 aromatic carbocycles. The smallest absolute Gasteiger partial charge is 0.261 e. The highest BCUT2D eigenvalue weighted by Crippen LogP contribution is 2.21. The van der Waals surface area contributed by atoms with E-state index in [0.717, 1.165) is 19.6 Å². The Morgan fingerprint density at radius 1 is 1.03 bits per heavy atom. The van der Waals surface area contributed by atoms with Crippen LogP contribution in [0.2, 0.25) is 0 Å². The molecule has 0 radical (unpaired) electrons. The van der Waals surface area contributed by atoms with E-state index in [9.17, 15) is 13.2 Å². The van der Waals surface area contributed by atoms with Gasteiger partial charge in [-0.25, -0.2) is 8.42 Å². The molecule has 2 aromatic rings. The number of anilines is 1. The van der Waals surface area contributed by atoms with Gasteiger partial charge < -0.3 is 15.0 Å². The summed E-state index contributed by atoms with van der Waals surface area (Å²) in [5.41, 5.74) is 0.868. The summed E-state index contributed by atoms with van der Waals surface area (Å²) in [7, 11) is -2.20. The molecule has 0 aromatic heterocycles. The molecule has 7 nitrogen and oxygen atoms in total. The number of hydrogen-bond acceptors (Lipinski definition) is 5. The van der Waals surface area contributed by atoms with Gasteiger partial charge in [0.1, 0.15) is 5.75 Å². The highest BCUT2D eigenvalue weighted by atomic mass is 32.2. The second-order valence-electron chi connectivity index (χ2n) is 8.32. The lowest BCUT2D eigenvalue weighted by Crippen LogP contribution is -2.42. The lowest BCUT2D eigenvalue weighted by molar-refractivity contribution is 0.0936. The van der Waals surface area contributed by atoms with E-state index in [1.165, 1.54) is 30.7 Å². The normalized spacial score (nSPS) is 19.6. The lowest BCUT2D eigenvalue weighted by atomic mass is 9.92. The van der Waals surface area contributed by atoms with E-state index >= 15 is 0 Å². The number of methoxy groups -OCH3 is 1. The van der Waals surface area contributed by atoms with E-state index in [2.05, 4.69) is 28.8 Å². The van der Waals surface area contributed by atoms with Crippen LogP contribution >= 0.6 is 0 Å². The zero-order valence-corrected chi connectivity index (χ0v) is 19.1. The molecule has 2 atom stereocenters. The van der Waals surface area contributed by atoms with Crippen LogP contribution in [0.25, 0.3) is 0 Å². The van der Waals surface area contributed by atoms with E-state index in [4.69, 9.17) is 4.74 Å². The van der Waals surface area contributed by atoms with Crippen LogP contribution in [0.15, 0.2) is 53.4 Å². The minimum Gasteiger partial charge on any atom is -0.497 e. The number of piperidine rings is 1. The molecule has 1 amide bonds. The molecular formula is C23H31N3O4S. The van der Waals surface area contributed by atoms with Crippen molar-refractivity contribution in [2.45, 2.75) is 25.2 Å². The maximum absolute atomic E-state index is 12.6. The van der Waals surface area contributed by atoms with Crippen molar-refractivity contribution in [1.29, 1.82) is 0 Å². The molecule has 0 bridgehead atoms. The van der Waals surface area contributed by atoms with Crippen LogP contribution in [0.3, 0.4) is 0 Å². The summed E-state index contributed by atoms with van der Waals surface area (Å²) in [4.78, 5) is 14.9. The number of nitrogens with zero attached hydrogens (tertiary/aromatic N) is 1. The van der Waals surface area contributed by atoms with Crippen LogP contribution in [0.5, 0.6) is 5.75 Å². The van der Waals surface area contributed by atoms with Gasteiger partial charge in [-0.05, 0) is 66.8 Å². The van der Waals surface area contributed by atoms with Gasteiger partial charge in [-0.2, -0.15) is 0 Å². The van der Waals surface area contributed by atoms with Crippen molar-refractivity contribution in [2.24, 2.45) is 11.8 Å². The van der Waals surface area contributed by atoms with Crippen LogP contribution in [0, 0.1) is 11.8 Å². The standard InChI is InChI=1S/C23H31N3O4S/c1-17-14-18(2)16-26(15-17)13-12-24-23(27)19-4-10-22(11-5-19)31(28,29)25-20-6-8-21(30-3)9-7-20/h4-11,17-18,25H,12-16H2,1-3H3,(H,24,27). The average molecular weight is 446 g/mol. The number of amides is 1. The molecule has 1 saturated heterocycles. The zero-order valence-electron chi connectivity index (χ0n) is 18.3. The van der Waals surface area contributed by atoms with Crippen LogP contribution in [-0.4, -0.2) is 52.5 Å². The number of rotatable bonds is 8. The minimum absolute atomic E-state index is 0.0937. The Morgan fingerprint density at radius 3 is 2.23 bits per heavy atom. The SMILES string of the molecule is COc1ccc(NS(=O)(=O)c2ccc(C(=O)NCCN3CC(C)CC(C)C3)cc2)cc1. The summed E-state index contributed by atoms with van der Waals surface area (Å²) in [6, 6.07) is 12.5. The van der Waals surface area contributed by atoms with Crippen molar-refractivity contribution in [2.75, 3.05) is 38.0 Å². The molecule has 1 aliphatic rings. The maximum atomic E-state index is 12.6. The van der Waals surface area contributed by atoms with Gasteiger partial charge in [-0.1, -0.05) is 13.8 Å². The number of carbonyl (C=O) groups is 1. The van der Waals surface area contributed by atoms with E-state index < -0.39 is 10.0 Å². The molecule has 31 heavy (non-hydrogen) atoms. The van der Waals surface area contributed by atoms with E-state index in [1.807, 2.05) is 0 Å². The van der Waals surface area contributed by atoms with Crippen LogP contribution in [-0.2, 0) is 10.0 Å². The molecule has 0 saturated carbocycles. The molecule has 1 aliphatic heterocycles. The summed E-state index contributed by atoms with van der Waals surface area (Å²) in [5.74, 6) is 1.80. The Bertz CT molecular complexity index is 965. The predicted molar refractivity (Wildman–Crippen MR) is 122 cm³/mol. The zero-order chi connectivity index (χ0) is 22.4. The number of likely N-dealkylation sites (tertiary alicyclic amines) is 1. The van der Waals surface area contributed by atoms with Gasteiger partial charge in [-0.15, -0.1) is 0 Å². The Hall–Kier alpha value is -2.58. The summed E-state index contributed by atoms with van der Waals surface area (Å²) < 4.78 is 32.8. The van der Waals surface area contributed by atoms with Crippen molar-refractivity contribution in [3.63, 3.8) is 0 Å². The number of sulfonamides is 1. The Labute approximate surface area is 184 Å². The molecule has 0 spiro atoms. The van der Waals surface area contributed by atoms with Gasteiger partial charge in [-0.3, -0.25) is 9.52 Å². The predicted octanol–water partition coefficient (Wildman–Crippen LogP) is 3.20. The molecule has 168 valence electrons. The average Bonchev–Trinajstić information content (AvgIpc) is 2.73. The quantitative estimate of drug-likeness (QED) is 0.652. The second-order valence-corrected chi connectivity index (χ2v) is 10.0. The van der Waals surface area contributed by atoms with Gasteiger partial charge in [0, 0.05) is 37.4 Å². The molecule has 3 rings (SSSR count). The monoisotopic (exact) mass is 445 g/mol. The molecule has 8 heteroatoms. The molecule has 1 heterocycles. The highest BCUT2D eigenvalue weighted by molar-refractivity contribution is 7.92. The number of nitrogens with one attached hydrogen (secondary N) is 2. The number of carbonyl (C=O) groups excluding carboxylic acids is 1. The van der Waals surface area contributed by atoms with Crippen LogP contribution < -0.4 is 14.8 Å². The summed E-state index contributed by atoms with van der Waals surface area (Å²) in [6.45, 7) is 8.04. The first-order valence-corrected chi connectivity index (χ1v) is 12.0. The third-order valence-corrected chi connectivity index (χ3v) is 6.82. The first kappa shape index (κ1) is 23.1. The van der Waals surface area contributed by atoms with Crippen molar-refractivity contribution in [1.82, 2.24) is 10.2 Å². The summed E-state index contributed by atoms with van der Waals surface area (Å²) >= 11 is 0. The van der Waals surface area contributed by atoms with Crippen LogP contribution in [0.4, 0.5) is 5.69 Å². The first-order valence-electron chi connectivity index (χ1n) is 10.5. The van der Waals surface area contributed by atoms with Crippen LogP contribution in [0.1, 0.15) is 30.6 Å². The van der Waals surface area contributed by atoms with Gasteiger partial charge in [0.25, 0.3) is 15.9 Å². The van der Waals surface area contributed by atoms with Crippen molar-refractivity contribution in [3.8, 4) is 5.75 Å². The molecule has 2 N–H and O–H groups in total. The number of benzene rings is 2. The molecular weight excluding hydrogens is 414 g/mol. The molecule has 2 unspecified atom stereocenters. The Kier molecular flexibility index (Phi) is 7.56. The van der Waals surface area contributed by atoms with E-state index in [0.29, 0.717) is 35.4 Å². The minimum atomic E-state index is -3.75. The summed E-state index contributed by atoms with van der Waals surface area (Å²) in [5, 5.41) is 2.93. The second kappa shape index (κ2) is 10.2. The van der Waals surface area contributed by atoms with Gasteiger partial charge >= 0.3 is 0 Å². The van der Waals surface area contributed by atoms with Crippen molar-refractivity contribution >= 4 is 21.6 Å². The summed E-state index contributed by atoms with van der Waals surface area (Å²) in [6.07, 6.45) is 1.26. The van der Waals surface area contributed by atoms with Crippen molar-refractivity contribution < 1.29 is 17.9 Å². The third-order valence-electron chi connectivity index (χ3n) is 5.43. The van der Waals surface area contributed by atoms with E-state index in [-0.39, 0.29) is 10.8 Å². The number of hydrogen-bond donors (Lipinski definition) is 2. The highest BCUT2D eigenvalue weighted by Gasteiger charge is 2.21. The fourth-order valence-electron chi connectivity index (χ4n) is 4.06. The molecule has 1 fully saturated rings. The number of ether oxygens (including phenoxy) is 1. The fraction of sp³-hybridized carbons (Fsp3) is 0.435. The fourth-order valence-corrected chi connectivity index (χ4v) is 5.12. The van der Waals surface area contributed by atoms with Gasteiger partial charge in [0.05, 0.1) is 12.0 Å². The first-order chi connectivity index (χ1) is 14.8. The van der Waals surface area contributed by atoms with Gasteiger partial charge in [0.2, 0.25) is 0 Å². The third kappa shape index (κ3) is 6.45. The Morgan fingerprint density at radius 2 is 1.65 bits per heavy atom. The Balaban J connectivity index is 1.54. The largest absolute Gasteiger partial charge is 0.497 e.